The van der Waals surface area contributed by atoms with E-state index in [-0.39, 0.29) is 6.10 Å². The summed E-state index contributed by atoms with van der Waals surface area (Å²) in [6, 6.07) is 9.35. The highest BCUT2D eigenvalue weighted by Gasteiger charge is 2.19. The maximum absolute atomic E-state index is 5.71. The van der Waals surface area contributed by atoms with E-state index in [1.165, 1.54) is 24.0 Å². The van der Waals surface area contributed by atoms with Gasteiger partial charge in [-0.2, -0.15) is 0 Å². The van der Waals surface area contributed by atoms with E-state index in [0.29, 0.717) is 19.8 Å². The van der Waals surface area contributed by atoms with Gasteiger partial charge in [0, 0.05) is 6.04 Å². The maximum Gasteiger partial charge on any atom is 0.0720 e. The van der Waals surface area contributed by atoms with Crippen LogP contribution in [0.3, 0.4) is 0 Å². The Hall–Kier alpha value is -0.900. The highest BCUT2D eigenvalue weighted by molar-refractivity contribution is 5.26. The number of benzene rings is 1. The molecule has 20 heavy (non-hydrogen) atoms. The summed E-state index contributed by atoms with van der Waals surface area (Å²) < 4.78 is 11.2. The molecule has 1 aliphatic rings. The number of ether oxygens (including phenoxy) is 2. The van der Waals surface area contributed by atoms with Crippen molar-refractivity contribution in [2.45, 2.75) is 51.9 Å². The van der Waals surface area contributed by atoms with Gasteiger partial charge in [-0.15, -0.1) is 0 Å². The van der Waals surface area contributed by atoms with Gasteiger partial charge in [-0.05, 0) is 50.8 Å². The fraction of sp³-hybridized carbons (Fsp3) is 0.647. The van der Waals surface area contributed by atoms with Crippen LogP contribution in [0.5, 0.6) is 0 Å². The summed E-state index contributed by atoms with van der Waals surface area (Å²) in [6.45, 7) is 7.17. The number of hydrogen-bond acceptors (Lipinski definition) is 3. The first-order chi connectivity index (χ1) is 9.75. The normalized spacial score (nSPS) is 14.9. The zero-order valence-corrected chi connectivity index (χ0v) is 12.7. The monoisotopic (exact) mass is 277 g/mol. The third-order valence-corrected chi connectivity index (χ3v) is 3.46. The lowest BCUT2D eigenvalue weighted by atomic mass is 10.1. The summed E-state index contributed by atoms with van der Waals surface area (Å²) in [5.41, 5.74) is 2.69. The van der Waals surface area contributed by atoms with Gasteiger partial charge in [0.25, 0.3) is 0 Å². The molecule has 0 aromatic heterocycles. The Kier molecular flexibility index (Phi) is 6.51. The molecule has 1 aromatic carbocycles. The van der Waals surface area contributed by atoms with Gasteiger partial charge in [-0.3, -0.25) is 0 Å². The van der Waals surface area contributed by atoms with Crippen LogP contribution in [-0.2, 0) is 22.5 Å². The minimum atomic E-state index is 0.277. The molecule has 0 radical (unpaired) electrons. The van der Waals surface area contributed by atoms with Crippen LogP contribution in [0.25, 0.3) is 0 Å². The molecular formula is C17H27NO2. The SMILES string of the molecule is CC(C)OCCOCc1ccccc1CCNC1CC1. The lowest BCUT2D eigenvalue weighted by Crippen LogP contribution is -2.19. The van der Waals surface area contributed by atoms with Crippen LogP contribution in [0.2, 0.25) is 0 Å². The molecule has 3 nitrogen and oxygen atoms in total. The van der Waals surface area contributed by atoms with Crippen LogP contribution in [0, 0.1) is 0 Å². The largest absolute Gasteiger partial charge is 0.376 e. The van der Waals surface area contributed by atoms with E-state index < -0.39 is 0 Å². The molecule has 0 bridgehead atoms. The molecule has 0 unspecified atom stereocenters. The molecule has 1 aliphatic carbocycles. The van der Waals surface area contributed by atoms with Gasteiger partial charge in [0.2, 0.25) is 0 Å². The van der Waals surface area contributed by atoms with Crippen molar-refractivity contribution in [3.63, 3.8) is 0 Å². The minimum absolute atomic E-state index is 0.277. The van der Waals surface area contributed by atoms with Gasteiger partial charge < -0.3 is 14.8 Å². The standard InChI is InChI=1S/C17H27NO2/c1-14(2)20-12-11-19-13-16-6-4-3-5-15(16)9-10-18-17-7-8-17/h3-6,14,17-18H,7-13H2,1-2H3. The fourth-order valence-electron chi connectivity index (χ4n) is 2.17. The molecule has 0 heterocycles. The van der Waals surface area contributed by atoms with Crippen LogP contribution in [0.1, 0.15) is 37.8 Å². The molecule has 0 atom stereocenters. The van der Waals surface area contributed by atoms with E-state index >= 15 is 0 Å². The third kappa shape index (κ3) is 6.04. The van der Waals surface area contributed by atoms with Gasteiger partial charge in [0.15, 0.2) is 0 Å². The summed E-state index contributed by atoms with van der Waals surface area (Å²) in [6.07, 6.45) is 4.05. The molecule has 1 saturated carbocycles. The number of nitrogens with one attached hydrogen (secondary N) is 1. The quantitative estimate of drug-likeness (QED) is 0.667. The molecule has 0 aliphatic heterocycles. The molecular weight excluding hydrogens is 250 g/mol. The molecule has 3 heteroatoms. The third-order valence-electron chi connectivity index (χ3n) is 3.46. The molecule has 0 amide bonds. The number of hydrogen-bond donors (Lipinski definition) is 1. The molecule has 112 valence electrons. The molecule has 1 fully saturated rings. The average Bonchev–Trinajstić information content (AvgIpc) is 3.24. The highest BCUT2D eigenvalue weighted by atomic mass is 16.5. The van der Waals surface area contributed by atoms with Crippen molar-refractivity contribution in [2.24, 2.45) is 0 Å². The van der Waals surface area contributed by atoms with E-state index in [0.717, 1.165) is 19.0 Å². The van der Waals surface area contributed by atoms with Crippen molar-refractivity contribution in [3.05, 3.63) is 35.4 Å². The Morgan fingerprint density at radius 2 is 1.90 bits per heavy atom. The average molecular weight is 277 g/mol. The highest BCUT2D eigenvalue weighted by Crippen LogP contribution is 2.18. The van der Waals surface area contributed by atoms with Crippen LogP contribution in [-0.4, -0.2) is 31.9 Å². The van der Waals surface area contributed by atoms with Crippen molar-refractivity contribution < 1.29 is 9.47 Å². The molecule has 0 saturated heterocycles. The predicted molar refractivity (Wildman–Crippen MR) is 81.9 cm³/mol. The Morgan fingerprint density at radius 1 is 1.15 bits per heavy atom. The maximum atomic E-state index is 5.71. The fourth-order valence-corrected chi connectivity index (χ4v) is 2.17. The van der Waals surface area contributed by atoms with Crippen LogP contribution in [0.15, 0.2) is 24.3 Å². The second-order valence-corrected chi connectivity index (χ2v) is 5.72. The Balaban J connectivity index is 1.69. The molecule has 1 aromatic rings. The summed E-state index contributed by atoms with van der Waals surface area (Å²) >= 11 is 0. The van der Waals surface area contributed by atoms with Gasteiger partial charge in [0.05, 0.1) is 25.9 Å². The first kappa shape index (κ1) is 15.5. The van der Waals surface area contributed by atoms with Gasteiger partial charge in [0.1, 0.15) is 0 Å². The van der Waals surface area contributed by atoms with E-state index in [2.05, 4.69) is 29.6 Å². The summed E-state index contributed by atoms with van der Waals surface area (Å²) in [5.74, 6) is 0. The zero-order chi connectivity index (χ0) is 14.2. The second-order valence-electron chi connectivity index (χ2n) is 5.72. The zero-order valence-electron chi connectivity index (χ0n) is 12.7. The van der Waals surface area contributed by atoms with E-state index in [1.807, 2.05) is 13.8 Å². The van der Waals surface area contributed by atoms with E-state index in [4.69, 9.17) is 9.47 Å². The van der Waals surface area contributed by atoms with E-state index in [1.54, 1.807) is 0 Å². The Morgan fingerprint density at radius 3 is 2.60 bits per heavy atom. The van der Waals surface area contributed by atoms with Crippen molar-refractivity contribution in [3.8, 4) is 0 Å². The predicted octanol–water partition coefficient (Wildman–Crippen LogP) is 2.92. The number of rotatable bonds is 10. The lowest BCUT2D eigenvalue weighted by molar-refractivity contribution is 0.0141. The minimum Gasteiger partial charge on any atom is -0.376 e. The molecule has 0 spiro atoms. The van der Waals surface area contributed by atoms with Crippen molar-refractivity contribution in [2.75, 3.05) is 19.8 Å². The summed E-state index contributed by atoms with van der Waals surface area (Å²) in [7, 11) is 0. The van der Waals surface area contributed by atoms with Crippen molar-refractivity contribution >= 4 is 0 Å². The Bertz CT molecular complexity index is 388. The summed E-state index contributed by atoms with van der Waals surface area (Å²) in [5, 5.41) is 3.56. The lowest BCUT2D eigenvalue weighted by Gasteiger charge is -2.11. The first-order valence-electron chi connectivity index (χ1n) is 7.75. The Labute approximate surface area is 122 Å². The molecule has 2 rings (SSSR count). The van der Waals surface area contributed by atoms with Gasteiger partial charge in [-0.1, -0.05) is 24.3 Å². The van der Waals surface area contributed by atoms with Gasteiger partial charge in [-0.25, -0.2) is 0 Å². The topological polar surface area (TPSA) is 30.5 Å². The first-order valence-corrected chi connectivity index (χ1v) is 7.75. The smallest absolute Gasteiger partial charge is 0.0720 e. The van der Waals surface area contributed by atoms with Crippen LogP contribution >= 0.6 is 0 Å². The summed E-state index contributed by atoms with van der Waals surface area (Å²) in [4.78, 5) is 0. The van der Waals surface area contributed by atoms with Crippen molar-refractivity contribution in [1.82, 2.24) is 5.32 Å². The van der Waals surface area contributed by atoms with Crippen LogP contribution < -0.4 is 5.32 Å². The second kappa shape index (κ2) is 8.40. The van der Waals surface area contributed by atoms with E-state index in [9.17, 15) is 0 Å². The van der Waals surface area contributed by atoms with Crippen LogP contribution in [0.4, 0.5) is 0 Å². The molecule has 1 N–H and O–H groups in total. The van der Waals surface area contributed by atoms with Gasteiger partial charge >= 0.3 is 0 Å². The van der Waals surface area contributed by atoms with Crippen molar-refractivity contribution in [1.29, 1.82) is 0 Å².